The van der Waals surface area contributed by atoms with E-state index in [2.05, 4.69) is 31.5 Å². The van der Waals surface area contributed by atoms with Crippen LogP contribution < -0.4 is 40.2 Å². The Balaban J connectivity index is 0.000000395. The smallest absolute Gasteiger partial charge is 0.272 e. The van der Waals surface area contributed by atoms with E-state index in [0.717, 1.165) is 25.7 Å². The number of ether oxygens (including phenoxy) is 4. The van der Waals surface area contributed by atoms with Crippen molar-refractivity contribution in [3.63, 3.8) is 0 Å². The summed E-state index contributed by atoms with van der Waals surface area (Å²) in [6.07, 6.45) is 5.19. The molecule has 0 radical (unpaired) electrons. The highest BCUT2D eigenvalue weighted by atomic mass is 19.1. The molecule has 75 heavy (non-hydrogen) atoms. The number of carbonyl (C=O) groups excluding carboxylic acids is 4. The molecule has 4 rings (SSSR count). The van der Waals surface area contributed by atoms with Crippen LogP contribution in [-0.4, -0.2) is 96.8 Å². The Labute approximate surface area is 440 Å². The molecule has 418 valence electrons. The highest BCUT2D eigenvalue weighted by molar-refractivity contribution is 5.95. The number of aromatic nitrogens is 4. The van der Waals surface area contributed by atoms with Crippen LogP contribution in [0.1, 0.15) is 155 Å². The first-order valence-electron chi connectivity index (χ1n) is 26.0. The van der Waals surface area contributed by atoms with E-state index in [1.54, 1.807) is 4.68 Å². The molecule has 4 amide bonds. The van der Waals surface area contributed by atoms with Crippen LogP contribution in [0.15, 0.2) is 24.3 Å². The largest absolute Gasteiger partial charge is 0.493 e. The van der Waals surface area contributed by atoms with Crippen LogP contribution in [0.25, 0.3) is 22.5 Å². The molecule has 2 aromatic heterocycles. The van der Waals surface area contributed by atoms with E-state index >= 15 is 0 Å². The minimum absolute atomic E-state index is 0.0283. The van der Waals surface area contributed by atoms with Gasteiger partial charge in [0.1, 0.15) is 0 Å². The third-order valence-electron chi connectivity index (χ3n) is 12.2. The molecule has 0 aliphatic heterocycles. The zero-order valence-electron chi connectivity index (χ0n) is 46.7. The van der Waals surface area contributed by atoms with Crippen LogP contribution in [0.4, 0.5) is 17.6 Å². The van der Waals surface area contributed by atoms with Crippen molar-refractivity contribution in [2.75, 3.05) is 41.5 Å². The van der Waals surface area contributed by atoms with Gasteiger partial charge in [0, 0.05) is 56.7 Å². The summed E-state index contributed by atoms with van der Waals surface area (Å²) in [4.78, 5) is 51.5. The molecule has 16 nitrogen and oxygen atoms in total. The summed E-state index contributed by atoms with van der Waals surface area (Å²) in [7, 11) is 5.11. The maximum absolute atomic E-state index is 14.7. The molecule has 4 aromatic rings. The van der Waals surface area contributed by atoms with Gasteiger partial charge in [-0.1, -0.05) is 82.1 Å². The Morgan fingerprint density at radius 2 is 0.920 bits per heavy atom. The van der Waals surface area contributed by atoms with E-state index < -0.39 is 47.2 Å². The van der Waals surface area contributed by atoms with Crippen molar-refractivity contribution in [1.29, 1.82) is 0 Å². The second-order valence-corrected chi connectivity index (χ2v) is 20.3. The topological polar surface area (TPSA) is 189 Å². The summed E-state index contributed by atoms with van der Waals surface area (Å²) < 4.78 is 82.8. The van der Waals surface area contributed by atoms with Crippen molar-refractivity contribution in [3.8, 4) is 45.5 Å². The lowest BCUT2D eigenvalue weighted by Gasteiger charge is -2.21. The second-order valence-electron chi connectivity index (χ2n) is 20.3. The van der Waals surface area contributed by atoms with Crippen LogP contribution in [0.5, 0.6) is 23.0 Å². The van der Waals surface area contributed by atoms with Crippen molar-refractivity contribution >= 4 is 23.6 Å². The molecule has 20 heteroatoms. The monoisotopic (exact) mass is 1060 g/mol. The molecule has 0 fully saturated rings. The molecule has 0 spiro atoms. The standard InChI is InChI=1S/C28H42F2N4O4.C27H40F2N4O4/c1-9-10-11-31-24(35)13-19(12-16(2)3)32-28(36)22-15-23(34(33-22)18(6)17(4)5)25-26(37-7)20(29)14-21(30)27(25)38-8;1-8-9-10-30-23(34)12-18(11-16(2)3)31-27(35)21-14-22(33(32-21)15-17(4)5)24-25(36-6)19(28)13-20(29)26(24)37-7/h14-19H,9-13H2,1-8H3,(H,31,35)(H,32,36);13-14,16-18H,8-12,15H2,1-7H3,(H,30,34)(H,31,35)/t18?,19-;18-/m00/s1. The molecule has 4 N–H and O–H groups in total. The van der Waals surface area contributed by atoms with Gasteiger partial charge in [-0.3, -0.25) is 28.5 Å². The maximum atomic E-state index is 14.7. The van der Waals surface area contributed by atoms with Gasteiger partial charge in [0.2, 0.25) is 11.8 Å². The zero-order valence-corrected chi connectivity index (χ0v) is 46.7. The number of benzene rings is 2. The van der Waals surface area contributed by atoms with Gasteiger partial charge in [0.15, 0.2) is 57.7 Å². The van der Waals surface area contributed by atoms with Crippen LogP contribution in [0, 0.1) is 46.9 Å². The van der Waals surface area contributed by atoms with Gasteiger partial charge in [0.05, 0.1) is 57.0 Å². The van der Waals surface area contributed by atoms with E-state index in [9.17, 15) is 36.7 Å². The van der Waals surface area contributed by atoms with Crippen molar-refractivity contribution in [2.24, 2.45) is 23.7 Å². The van der Waals surface area contributed by atoms with Crippen molar-refractivity contribution in [3.05, 3.63) is 58.9 Å². The highest BCUT2D eigenvalue weighted by Crippen LogP contribution is 2.44. The van der Waals surface area contributed by atoms with E-state index in [4.69, 9.17) is 18.9 Å². The number of carbonyl (C=O) groups is 4. The van der Waals surface area contributed by atoms with E-state index in [-0.39, 0.29) is 111 Å². The molecule has 1 unspecified atom stereocenters. The van der Waals surface area contributed by atoms with Crippen LogP contribution in [-0.2, 0) is 16.1 Å². The summed E-state index contributed by atoms with van der Waals surface area (Å²) >= 11 is 0. The Morgan fingerprint density at radius 3 is 1.27 bits per heavy atom. The number of hydrogen-bond donors (Lipinski definition) is 4. The first kappa shape index (κ1) is 63.0. The minimum atomic E-state index is -0.900. The normalized spacial score (nSPS) is 12.5. The lowest BCUT2D eigenvalue weighted by molar-refractivity contribution is -0.122. The molecule has 3 atom stereocenters. The first-order valence-corrected chi connectivity index (χ1v) is 26.0. The Morgan fingerprint density at radius 1 is 0.547 bits per heavy atom. The highest BCUT2D eigenvalue weighted by Gasteiger charge is 2.31. The second kappa shape index (κ2) is 30.3. The summed E-state index contributed by atoms with van der Waals surface area (Å²) in [6.45, 7) is 23.5. The fourth-order valence-corrected chi connectivity index (χ4v) is 8.38. The summed E-state index contributed by atoms with van der Waals surface area (Å²) in [5.74, 6) is -4.99. The molecular formula is C55H82F4N8O8. The quantitative estimate of drug-likeness (QED) is 0.0315. The van der Waals surface area contributed by atoms with Gasteiger partial charge < -0.3 is 40.2 Å². The van der Waals surface area contributed by atoms with Crippen LogP contribution in [0.3, 0.4) is 0 Å². The van der Waals surface area contributed by atoms with Gasteiger partial charge in [-0.2, -0.15) is 10.2 Å². The van der Waals surface area contributed by atoms with Gasteiger partial charge in [-0.05, 0) is 68.4 Å². The minimum Gasteiger partial charge on any atom is -0.493 e. The number of hydrogen-bond acceptors (Lipinski definition) is 10. The maximum Gasteiger partial charge on any atom is 0.272 e. The Bertz CT molecular complexity index is 2450. The zero-order chi connectivity index (χ0) is 56.3. The SMILES string of the molecule is CCCCNC(=O)C[C@H](CC(C)C)NC(=O)c1cc(-c2c(OC)c(F)cc(F)c2OC)n(C(C)C(C)C)n1.CCCCNC(=O)C[C@H](CC(C)C)NC(=O)c1cc(-c2c(OC)c(F)cc(F)c2OC)n(CC(C)C)n1. The average molecular weight is 1060 g/mol. The molecule has 0 aliphatic carbocycles. The third-order valence-corrected chi connectivity index (χ3v) is 12.2. The van der Waals surface area contributed by atoms with Crippen molar-refractivity contribution in [2.45, 2.75) is 152 Å². The molecule has 0 aliphatic rings. The summed E-state index contributed by atoms with van der Waals surface area (Å²) in [6, 6.07) is 3.29. The molecular weight excluding hydrogens is 977 g/mol. The van der Waals surface area contributed by atoms with E-state index in [1.807, 2.05) is 76.2 Å². The number of amides is 4. The molecule has 2 aromatic carbocycles. The van der Waals surface area contributed by atoms with Gasteiger partial charge in [-0.25, -0.2) is 17.6 Å². The van der Waals surface area contributed by atoms with Gasteiger partial charge in [0.25, 0.3) is 11.8 Å². The fourth-order valence-electron chi connectivity index (χ4n) is 8.38. The molecule has 2 heterocycles. The molecule has 0 saturated carbocycles. The summed E-state index contributed by atoms with van der Waals surface area (Å²) in [5, 5.41) is 20.6. The number of nitrogens with one attached hydrogen (secondary N) is 4. The Kier molecular flexibility index (Phi) is 25.4. The predicted octanol–water partition coefficient (Wildman–Crippen LogP) is 10.5. The molecule has 0 saturated heterocycles. The van der Waals surface area contributed by atoms with Crippen molar-refractivity contribution in [1.82, 2.24) is 40.8 Å². The summed E-state index contributed by atoms with van der Waals surface area (Å²) in [5.41, 5.74) is 0.736. The number of methoxy groups -OCH3 is 4. The first-order chi connectivity index (χ1) is 35.5. The third kappa shape index (κ3) is 17.9. The Hall–Kier alpha value is -6.34. The fraction of sp³-hybridized carbons (Fsp3) is 0.600. The molecule has 0 bridgehead atoms. The number of unbranched alkanes of at least 4 members (excludes halogenated alkanes) is 2. The van der Waals surface area contributed by atoms with Gasteiger partial charge >= 0.3 is 0 Å². The van der Waals surface area contributed by atoms with Gasteiger partial charge in [-0.15, -0.1) is 0 Å². The lowest BCUT2D eigenvalue weighted by Crippen LogP contribution is -2.40. The van der Waals surface area contributed by atoms with Crippen LogP contribution in [0.2, 0.25) is 0 Å². The van der Waals surface area contributed by atoms with Crippen molar-refractivity contribution < 1.29 is 55.7 Å². The number of nitrogens with zero attached hydrogens (tertiary/aromatic N) is 4. The number of rotatable bonds is 28. The van der Waals surface area contributed by atoms with E-state index in [1.165, 1.54) is 45.3 Å². The lowest BCUT2D eigenvalue weighted by atomic mass is 10.0. The van der Waals surface area contributed by atoms with Crippen LogP contribution >= 0.6 is 0 Å². The predicted molar refractivity (Wildman–Crippen MR) is 282 cm³/mol. The number of halogens is 4. The average Bonchev–Trinajstić information content (AvgIpc) is 3.96. The van der Waals surface area contributed by atoms with E-state index in [0.29, 0.717) is 44.6 Å².